The van der Waals surface area contributed by atoms with Crippen LogP contribution < -0.4 is 4.90 Å². The molecule has 0 N–H and O–H groups in total. The minimum Gasteiger partial charge on any atom is -0.377 e. The molecule has 0 aliphatic carbocycles. The van der Waals surface area contributed by atoms with Crippen LogP contribution in [0.5, 0.6) is 0 Å². The highest BCUT2D eigenvalue weighted by atomic mass is 79.9. The van der Waals surface area contributed by atoms with E-state index in [1.54, 1.807) is 0 Å². The van der Waals surface area contributed by atoms with Crippen LogP contribution in [0.4, 0.5) is 5.69 Å². The highest BCUT2D eigenvalue weighted by Gasteiger charge is 2.06. The van der Waals surface area contributed by atoms with Crippen LogP contribution in [0.15, 0.2) is 22.7 Å². The fourth-order valence-corrected chi connectivity index (χ4v) is 2.11. The Morgan fingerprint density at radius 1 is 1.47 bits per heavy atom. The van der Waals surface area contributed by atoms with Gasteiger partial charge in [-0.1, -0.05) is 0 Å². The Bertz CT molecular complexity index is 412. The van der Waals surface area contributed by atoms with E-state index in [4.69, 9.17) is 10.00 Å². The summed E-state index contributed by atoms with van der Waals surface area (Å²) in [4.78, 5) is 2.10. The monoisotopic (exact) mass is 296 g/mol. The Labute approximate surface area is 111 Å². The molecule has 4 heteroatoms. The number of ether oxygens (including phenoxy) is 1. The predicted octanol–water partition coefficient (Wildman–Crippen LogP) is 3.18. The molecule has 1 rings (SSSR count). The predicted molar refractivity (Wildman–Crippen MR) is 73.2 cm³/mol. The molecule has 0 aliphatic heterocycles. The second-order valence-electron chi connectivity index (χ2n) is 4.12. The number of halogens is 1. The van der Waals surface area contributed by atoms with Crippen LogP contribution in [0, 0.1) is 11.3 Å². The van der Waals surface area contributed by atoms with Crippen LogP contribution in [0.3, 0.4) is 0 Å². The zero-order chi connectivity index (χ0) is 12.8. The van der Waals surface area contributed by atoms with Crippen LogP contribution in [-0.4, -0.2) is 26.3 Å². The third-order valence-corrected chi connectivity index (χ3v) is 3.00. The van der Waals surface area contributed by atoms with Gasteiger partial charge >= 0.3 is 0 Å². The van der Waals surface area contributed by atoms with E-state index in [0.717, 1.165) is 16.7 Å². The van der Waals surface area contributed by atoms with Crippen molar-refractivity contribution in [3.8, 4) is 6.07 Å². The molecule has 1 aromatic carbocycles. The van der Waals surface area contributed by atoms with Gasteiger partial charge in [0.05, 0.1) is 30.0 Å². The fraction of sp³-hybridized carbons (Fsp3) is 0.462. The first kappa shape index (κ1) is 14.0. The van der Waals surface area contributed by atoms with Gasteiger partial charge in [0.2, 0.25) is 0 Å². The van der Waals surface area contributed by atoms with E-state index in [-0.39, 0.29) is 6.10 Å². The molecule has 92 valence electrons. The summed E-state index contributed by atoms with van der Waals surface area (Å²) >= 11 is 3.48. The number of anilines is 1. The van der Waals surface area contributed by atoms with Crippen molar-refractivity contribution in [3.63, 3.8) is 0 Å². The molecule has 0 amide bonds. The average Bonchev–Trinajstić information content (AvgIpc) is 2.28. The molecule has 0 saturated heterocycles. The first-order valence-corrected chi connectivity index (χ1v) is 6.36. The van der Waals surface area contributed by atoms with Gasteiger partial charge in [0.1, 0.15) is 0 Å². The number of hydrogen-bond acceptors (Lipinski definition) is 3. The van der Waals surface area contributed by atoms with Crippen LogP contribution >= 0.6 is 15.9 Å². The molecular formula is C13H17BrN2O. The molecular weight excluding hydrogens is 280 g/mol. The number of rotatable bonds is 5. The van der Waals surface area contributed by atoms with Crippen LogP contribution in [-0.2, 0) is 4.74 Å². The minimum absolute atomic E-state index is 0.257. The second kappa shape index (κ2) is 6.63. The molecule has 1 aromatic rings. The molecule has 0 heterocycles. The van der Waals surface area contributed by atoms with Crippen molar-refractivity contribution in [1.82, 2.24) is 0 Å². The lowest BCUT2D eigenvalue weighted by Gasteiger charge is -2.21. The quantitative estimate of drug-likeness (QED) is 0.837. The summed E-state index contributed by atoms with van der Waals surface area (Å²) < 4.78 is 6.44. The largest absolute Gasteiger partial charge is 0.377 e. The molecule has 0 aliphatic rings. The smallest absolute Gasteiger partial charge is 0.0992 e. The lowest BCUT2D eigenvalue weighted by molar-refractivity contribution is 0.0846. The highest BCUT2D eigenvalue weighted by molar-refractivity contribution is 9.10. The molecule has 17 heavy (non-hydrogen) atoms. The molecule has 0 saturated carbocycles. The van der Waals surface area contributed by atoms with Crippen LogP contribution in [0.2, 0.25) is 0 Å². The van der Waals surface area contributed by atoms with Gasteiger partial charge in [-0.25, -0.2) is 0 Å². The second-order valence-corrected chi connectivity index (χ2v) is 4.97. The zero-order valence-electron chi connectivity index (χ0n) is 10.4. The Morgan fingerprint density at radius 3 is 2.71 bits per heavy atom. The van der Waals surface area contributed by atoms with Crippen molar-refractivity contribution in [2.24, 2.45) is 0 Å². The molecule has 0 spiro atoms. The minimum atomic E-state index is 0.257. The van der Waals surface area contributed by atoms with Gasteiger partial charge in [-0.3, -0.25) is 0 Å². The SMILES string of the molecule is CC(C)OCCN(C)c1ccc(C#N)cc1Br. The van der Waals surface area contributed by atoms with Gasteiger partial charge in [-0.05, 0) is 48.0 Å². The maximum Gasteiger partial charge on any atom is 0.0992 e. The molecule has 0 bridgehead atoms. The zero-order valence-corrected chi connectivity index (χ0v) is 12.0. The third kappa shape index (κ3) is 4.37. The molecule has 3 nitrogen and oxygen atoms in total. The summed E-state index contributed by atoms with van der Waals surface area (Å²) in [5.41, 5.74) is 1.73. The van der Waals surface area contributed by atoms with Crippen molar-refractivity contribution in [3.05, 3.63) is 28.2 Å². The maximum atomic E-state index is 8.79. The lowest BCUT2D eigenvalue weighted by atomic mass is 10.2. The topological polar surface area (TPSA) is 36.3 Å². The summed E-state index contributed by atoms with van der Waals surface area (Å²) in [6.45, 7) is 5.57. The van der Waals surface area contributed by atoms with Crippen molar-refractivity contribution in [2.45, 2.75) is 20.0 Å². The van der Waals surface area contributed by atoms with E-state index in [9.17, 15) is 0 Å². The Kier molecular flexibility index (Phi) is 5.46. The molecule has 0 unspecified atom stereocenters. The number of nitriles is 1. The normalized spacial score (nSPS) is 10.4. The summed E-state index contributed by atoms with van der Waals surface area (Å²) in [6, 6.07) is 7.71. The number of hydrogen-bond donors (Lipinski definition) is 0. The highest BCUT2D eigenvalue weighted by Crippen LogP contribution is 2.26. The van der Waals surface area contributed by atoms with E-state index in [1.165, 1.54) is 0 Å². The summed E-state index contributed by atoms with van der Waals surface area (Å²) in [7, 11) is 2.01. The summed E-state index contributed by atoms with van der Waals surface area (Å²) in [5, 5.41) is 8.79. The van der Waals surface area contributed by atoms with E-state index >= 15 is 0 Å². The van der Waals surface area contributed by atoms with Gasteiger partial charge in [-0.2, -0.15) is 5.26 Å². The van der Waals surface area contributed by atoms with Crippen molar-refractivity contribution < 1.29 is 4.74 Å². The maximum absolute atomic E-state index is 8.79. The Balaban J connectivity index is 2.63. The first-order valence-electron chi connectivity index (χ1n) is 5.57. The number of nitrogens with zero attached hydrogens (tertiary/aromatic N) is 2. The Hall–Kier alpha value is -1.05. The fourth-order valence-electron chi connectivity index (χ4n) is 1.43. The molecule has 0 atom stereocenters. The standard InChI is InChI=1S/C13H17BrN2O/c1-10(2)17-7-6-16(3)13-5-4-11(9-15)8-12(13)14/h4-5,8,10H,6-7H2,1-3H3. The Morgan fingerprint density at radius 2 is 2.18 bits per heavy atom. The van der Waals surface area contributed by atoms with Gasteiger partial charge < -0.3 is 9.64 Å². The lowest BCUT2D eigenvalue weighted by Crippen LogP contribution is -2.24. The summed E-state index contributed by atoms with van der Waals surface area (Å²) in [6.07, 6.45) is 0.257. The van der Waals surface area contributed by atoms with Gasteiger partial charge in [0, 0.05) is 18.1 Å². The van der Waals surface area contributed by atoms with Crippen molar-refractivity contribution in [2.75, 3.05) is 25.1 Å². The van der Waals surface area contributed by atoms with Crippen LogP contribution in [0.25, 0.3) is 0 Å². The summed E-state index contributed by atoms with van der Waals surface area (Å²) in [5.74, 6) is 0. The van der Waals surface area contributed by atoms with Crippen molar-refractivity contribution in [1.29, 1.82) is 5.26 Å². The van der Waals surface area contributed by atoms with Gasteiger partial charge in [0.25, 0.3) is 0 Å². The van der Waals surface area contributed by atoms with E-state index < -0.39 is 0 Å². The third-order valence-electron chi connectivity index (χ3n) is 2.37. The molecule has 0 fully saturated rings. The van der Waals surface area contributed by atoms with Gasteiger partial charge in [-0.15, -0.1) is 0 Å². The number of likely N-dealkylation sites (N-methyl/N-ethyl adjacent to an activating group) is 1. The van der Waals surface area contributed by atoms with Gasteiger partial charge in [0.15, 0.2) is 0 Å². The first-order chi connectivity index (χ1) is 8.04. The van der Waals surface area contributed by atoms with Crippen molar-refractivity contribution >= 4 is 21.6 Å². The van der Waals surface area contributed by atoms with Crippen LogP contribution in [0.1, 0.15) is 19.4 Å². The van der Waals surface area contributed by atoms with E-state index in [2.05, 4.69) is 26.9 Å². The van der Waals surface area contributed by atoms with E-state index in [0.29, 0.717) is 12.2 Å². The molecule has 0 aromatic heterocycles. The molecule has 0 radical (unpaired) electrons. The number of benzene rings is 1. The average molecular weight is 297 g/mol. The van der Waals surface area contributed by atoms with E-state index in [1.807, 2.05) is 39.1 Å².